The molecule has 2 aromatic carbocycles. The standard InChI is InChI=1S/C22H22N2O6/c1-2-11-30-24-21(27)19(12-20(25)26)23-22(28)29-13-18-16-9-5-3-7-14(16)15-8-4-6-10-17(15)18/h2-10,18-19H,1,11-13H2,(H,23,28)(H,24,27)(H,25,26). The molecule has 3 rings (SSSR count). The Morgan fingerprint density at radius 3 is 2.23 bits per heavy atom. The van der Waals surface area contributed by atoms with Gasteiger partial charge in [-0.15, -0.1) is 6.58 Å². The molecule has 8 nitrogen and oxygen atoms in total. The largest absolute Gasteiger partial charge is 0.481 e. The molecule has 30 heavy (non-hydrogen) atoms. The van der Waals surface area contributed by atoms with E-state index in [1.54, 1.807) is 0 Å². The van der Waals surface area contributed by atoms with Crippen LogP contribution >= 0.6 is 0 Å². The summed E-state index contributed by atoms with van der Waals surface area (Å²) in [5, 5.41) is 11.3. The smallest absolute Gasteiger partial charge is 0.407 e. The fourth-order valence-corrected chi connectivity index (χ4v) is 3.41. The zero-order valence-electron chi connectivity index (χ0n) is 16.2. The number of carboxylic acids is 1. The predicted molar refractivity (Wildman–Crippen MR) is 109 cm³/mol. The SMILES string of the molecule is C=CCONC(=O)C(CC(=O)O)NC(=O)OCC1c2ccccc2-c2ccccc21. The molecule has 2 aromatic rings. The highest BCUT2D eigenvalue weighted by molar-refractivity contribution is 5.88. The van der Waals surface area contributed by atoms with Crippen LogP contribution < -0.4 is 10.8 Å². The van der Waals surface area contributed by atoms with Crippen molar-refractivity contribution in [3.05, 3.63) is 72.3 Å². The number of aliphatic carboxylic acids is 1. The molecular formula is C22H22N2O6. The zero-order chi connectivity index (χ0) is 21.5. The molecule has 3 N–H and O–H groups in total. The fourth-order valence-electron chi connectivity index (χ4n) is 3.41. The van der Waals surface area contributed by atoms with Crippen LogP contribution in [-0.2, 0) is 19.2 Å². The van der Waals surface area contributed by atoms with Gasteiger partial charge in [0.2, 0.25) is 0 Å². The van der Waals surface area contributed by atoms with E-state index in [9.17, 15) is 14.4 Å². The minimum Gasteiger partial charge on any atom is -0.481 e. The van der Waals surface area contributed by atoms with Crippen LogP contribution in [0.4, 0.5) is 4.79 Å². The van der Waals surface area contributed by atoms with Gasteiger partial charge in [-0.2, -0.15) is 0 Å². The van der Waals surface area contributed by atoms with Crippen molar-refractivity contribution in [2.45, 2.75) is 18.4 Å². The molecule has 1 aliphatic rings. The number of benzene rings is 2. The maximum atomic E-state index is 12.3. The van der Waals surface area contributed by atoms with Crippen LogP contribution in [0.15, 0.2) is 61.2 Å². The normalized spacial score (nSPS) is 12.9. The highest BCUT2D eigenvalue weighted by Gasteiger charge is 2.30. The first-order chi connectivity index (χ1) is 14.5. The van der Waals surface area contributed by atoms with E-state index in [0.29, 0.717) is 0 Å². The molecule has 0 saturated heterocycles. The second-order valence-corrected chi connectivity index (χ2v) is 6.69. The van der Waals surface area contributed by atoms with Crippen molar-refractivity contribution in [2.75, 3.05) is 13.2 Å². The van der Waals surface area contributed by atoms with Crippen LogP contribution in [0.5, 0.6) is 0 Å². The average Bonchev–Trinajstić information content (AvgIpc) is 3.05. The minimum atomic E-state index is -1.34. The lowest BCUT2D eigenvalue weighted by atomic mass is 9.98. The summed E-state index contributed by atoms with van der Waals surface area (Å²) in [5.74, 6) is -2.20. The maximum Gasteiger partial charge on any atom is 0.407 e. The molecule has 0 aromatic heterocycles. The van der Waals surface area contributed by atoms with Gasteiger partial charge in [-0.1, -0.05) is 54.6 Å². The van der Waals surface area contributed by atoms with E-state index in [0.717, 1.165) is 22.3 Å². The highest BCUT2D eigenvalue weighted by atomic mass is 16.6. The number of rotatable bonds is 9. The van der Waals surface area contributed by atoms with E-state index < -0.39 is 30.4 Å². The van der Waals surface area contributed by atoms with Gasteiger partial charge in [-0.3, -0.25) is 14.4 Å². The fraction of sp³-hybridized carbons (Fsp3) is 0.227. The summed E-state index contributed by atoms with van der Waals surface area (Å²) in [7, 11) is 0. The van der Waals surface area contributed by atoms with Gasteiger partial charge in [0.15, 0.2) is 0 Å². The van der Waals surface area contributed by atoms with E-state index >= 15 is 0 Å². The number of hydroxylamine groups is 1. The first-order valence-corrected chi connectivity index (χ1v) is 9.37. The molecular weight excluding hydrogens is 388 g/mol. The third-order valence-corrected chi connectivity index (χ3v) is 4.70. The summed E-state index contributed by atoms with van der Waals surface area (Å²) in [4.78, 5) is 40.2. The van der Waals surface area contributed by atoms with Crippen LogP contribution in [0.1, 0.15) is 23.5 Å². The van der Waals surface area contributed by atoms with Crippen LogP contribution in [0.25, 0.3) is 11.1 Å². The first kappa shape index (κ1) is 21.1. The molecule has 1 aliphatic carbocycles. The predicted octanol–water partition coefficient (Wildman–Crippen LogP) is 2.60. The van der Waals surface area contributed by atoms with E-state index in [2.05, 4.69) is 17.4 Å². The average molecular weight is 410 g/mol. The van der Waals surface area contributed by atoms with Crippen molar-refractivity contribution < 1.29 is 29.1 Å². The Bertz CT molecular complexity index is 913. The second-order valence-electron chi connectivity index (χ2n) is 6.69. The number of carboxylic acid groups (broad SMARTS) is 1. The maximum absolute atomic E-state index is 12.3. The monoisotopic (exact) mass is 410 g/mol. The number of hydrogen-bond donors (Lipinski definition) is 3. The zero-order valence-corrected chi connectivity index (χ0v) is 16.2. The lowest BCUT2D eigenvalue weighted by Gasteiger charge is -2.18. The topological polar surface area (TPSA) is 114 Å². The third kappa shape index (κ3) is 4.84. The molecule has 2 amide bonds. The van der Waals surface area contributed by atoms with Crippen LogP contribution in [0.2, 0.25) is 0 Å². The number of carbonyl (C=O) groups is 3. The molecule has 0 fully saturated rings. The van der Waals surface area contributed by atoms with Crippen molar-refractivity contribution >= 4 is 18.0 Å². The molecule has 8 heteroatoms. The molecule has 1 unspecified atom stereocenters. The van der Waals surface area contributed by atoms with Crippen molar-refractivity contribution in [1.82, 2.24) is 10.8 Å². The van der Waals surface area contributed by atoms with Gasteiger partial charge in [0.05, 0.1) is 13.0 Å². The Balaban J connectivity index is 1.65. The van der Waals surface area contributed by atoms with Crippen molar-refractivity contribution in [2.24, 2.45) is 0 Å². The summed E-state index contributed by atoms with van der Waals surface area (Å²) in [6.45, 7) is 3.52. The molecule has 0 radical (unpaired) electrons. The Labute approximate surface area is 173 Å². The summed E-state index contributed by atoms with van der Waals surface area (Å²) >= 11 is 0. The van der Waals surface area contributed by atoms with Crippen molar-refractivity contribution in [3.8, 4) is 11.1 Å². The van der Waals surface area contributed by atoms with Crippen molar-refractivity contribution in [3.63, 3.8) is 0 Å². The summed E-state index contributed by atoms with van der Waals surface area (Å²) in [5.41, 5.74) is 6.34. The Kier molecular flexibility index (Phi) is 6.82. The van der Waals surface area contributed by atoms with E-state index in [1.165, 1.54) is 6.08 Å². The number of alkyl carbamates (subject to hydrolysis) is 1. The van der Waals surface area contributed by atoms with E-state index in [1.807, 2.05) is 48.5 Å². The van der Waals surface area contributed by atoms with Crippen LogP contribution in [0, 0.1) is 0 Å². The number of amides is 2. The molecule has 156 valence electrons. The van der Waals surface area contributed by atoms with Gasteiger partial charge < -0.3 is 15.2 Å². The molecule has 1 atom stereocenters. The van der Waals surface area contributed by atoms with Gasteiger partial charge in [-0.25, -0.2) is 10.3 Å². The summed E-state index contributed by atoms with van der Waals surface area (Å²) < 4.78 is 5.35. The number of nitrogens with one attached hydrogen (secondary N) is 2. The molecule has 0 heterocycles. The summed E-state index contributed by atoms with van der Waals surface area (Å²) in [6, 6.07) is 14.4. The number of fused-ring (bicyclic) bond motifs is 3. The molecule has 0 saturated carbocycles. The number of hydrogen-bond acceptors (Lipinski definition) is 5. The van der Waals surface area contributed by atoms with E-state index in [-0.39, 0.29) is 19.1 Å². The summed E-state index contributed by atoms with van der Waals surface area (Å²) in [6.07, 6.45) is -0.0964. The first-order valence-electron chi connectivity index (χ1n) is 9.37. The quantitative estimate of drug-likeness (QED) is 0.333. The Hall–Kier alpha value is -3.65. The van der Waals surface area contributed by atoms with Gasteiger partial charge in [0, 0.05) is 5.92 Å². The number of carbonyl (C=O) groups excluding carboxylic acids is 2. The van der Waals surface area contributed by atoms with Crippen LogP contribution in [-0.4, -0.2) is 42.3 Å². The number of ether oxygens (including phenoxy) is 1. The minimum absolute atomic E-state index is 0.0382. The van der Waals surface area contributed by atoms with Gasteiger partial charge in [0.25, 0.3) is 5.91 Å². The molecule has 0 aliphatic heterocycles. The second kappa shape index (κ2) is 9.71. The van der Waals surface area contributed by atoms with Gasteiger partial charge in [-0.05, 0) is 22.3 Å². The lowest BCUT2D eigenvalue weighted by molar-refractivity contribution is -0.143. The molecule has 0 spiro atoms. The van der Waals surface area contributed by atoms with Crippen LogP contribution in [0.3, 0.4) is 0 Å². The van der Waals surface area contributed by atoms with E-state index in [4.69, 9.17) is 14.7 Å². The lowest BCUT2D eigenvalue weighted by Crippen LogP contribution is -2.48. The Morgan fingerprint density at radius 1 is 1.07 bits per heavy atom. The van der Waals surface area contributed by atoms with Crippen molar-refractivity contribution in [1.29, 1.82) is 0 Å². The Morgan fingerprint density at radius 2 is 1.67 bits per heavy atom. The van der Waals surface area contributed by atoms with Gasteiger partial charge >= 0.3 is 12.1 Å². The third-order valence-electron chi connectivity index (χ3n) is 4.70. The highest BCUT2D eigenvalue weighted by Crippen LogP contribution is 2.44. The molecule has 0 bridgehead atoms. The van der Waals surface area contributed by atoms with Gasteiger partial charge in [0.1, 0.15) is 12.6 Å².